The summed E-state index contributed by atoms with van der Waals surface area (Å²) >= 11 is 0. The van der Waals surface area contributed by atoms with Gasteiger partial charge in [0.1, 0.15) is 5.75 Å². The van der Waals surface area contributed by atoms with Crippen LogP contribution in [0.3, 0.4) is 0 Å². The fourth-order valence-corrected chi connectivity index (χ4v) is 2.55. The Bertz CT molecular complexity index is 795. The SMILES string of the molecule is COC(=O)C(C)Oc1ccccc1N1C(=O)c2ccccc2C1=O. The minimum Gasteiger partial charge on any atom is -0.477 e. The van der Waals surface area contributed by atoms with Crippen LogP contribution in [0, 0.1) is 0 Å². The molecule has 2 amide bonds. The Morgan fingerprint density at radius 3 is 2.08 bits per heavy atom. The van der Waals surface area contributed by atoms with E-state index in [0.717, 1.165) is 4.90 Å². The van der Waals surface area contributed by atoms with Crippen molar-refractivity contribution in [2.75, 3.05) is 12.0 Å². The van der Waals surface area contributed by atoms with E-state index in [1.165, 1.54) is 14.0 Å². The summed E-state index contributed by atoms with van der Waals surface area (Å²) in [5, 5.41) is 0. The number of hydrogen-bond acceptors (Lipinski definition) is 5. The number of methoxy groups -OCH3 is 1. The predicted molar refractivity (Wildman–Crippen MR) is 86.1 cm³/mol. The Morgan fingerprint density at radius 1 is 0.958 bits per heavy atom. The number of nitrogens with zero attached hydrogens (tertiary/aromatic N) is 1. The summed E-state index contributed by atoms with van der Waals surface area (Å²) in [6.07, 6.45) is -0.869. The molecule has 1 heterocycles. The van der Waals surface area contributed by atoms with Gasteiger partial charge >= 0.3 is 5.97 Å². The van der Waals surface area contributed by atoms with E-state index < -0.39 is 23.9 Å². The molecule has 0 fully saturated rings. The summed E-state index contributed by atoms with van der Waals surface area (Å²) < 4.78 is 10.2. The second kappa shape index (κ2) is 6.16. The van der Waals surface area contributed by atoms with Crippen molar-refractivity contribution in [1.82, 2.24) is 0 Å². The predicted octanol–water partition coefficient (Wildman–Crippen LogP) is 2.43. The van der Waals surface area contributed by atoms with Crippen LogP contribution >= 0.6 is 0 Å². The number of carbonyl (C=O) groups is 3. The van der Waals surface area contributed by atoms with Crippen molar-refractivity contribution in [2.24, 2.45) is 0 Å². The van der Waals surface area contributed by atoms with Crippen LogP contribution in [0.1, 0.15) is 27.6 Å². The molecule has 24 heavy (non-hydrogen) atoms. The molecule has 6 heteroatoms. The maximum Gasteiger partial charge on any atom is 0.346 e. The molecule has 1 aliphatic heterocycles. The lowest BCUT2D eigenvalue weighted by atomic mass is 10.1. The zero-order chi connectivity index (χ0) is 17.3. The number of hydrogen-bond donors (Lipinski definition) is 0. The van der Waals surface area contributed by atoms with Crippen molar-refractivity contribution in [1.29, 1.82) is 0 Å². The van der Waals surface area contributed by atoms with Gasteiger partial charge in [0.25, 0.3) is 11.8 Å². The van der Waals surface area contributed by atoms with Crippen molar-refractivity contribution < 1.29 is 23.9 Å². The first-order chi connectivity index (χ1) is 11.5. The van der Waals surface area contributed by atoms with Gasteiger partial charge in [-0.2, -0.15) is 0 Å². The van der Waals surface area contributed by atoms with Crippen molar-refractivity contribution >= 4 is 23.5 Å². The molecule has 1 atom stereocenters. The number of carbonyl (C=O) groups excluding carboxylic acids is 3. The lowest BCUT2D eigenvalue weighted by Crippen LogP contribution is -2.31. The molecule has 2 aromatic rings. The van der Waals surface area contributed by atoms with Crippen LogP contribution in [0.2, 0.25) is 0 Å². The van der Waals surface area contributed by atoms with Gasteiger partial charge in [-0.1, -0.05) is 24.3 Å². The summed E-state index contributed by atoms with van der Waals surface area (Å²) in [5.74, 6) is -1.13. The first-order valence-electron chi connectivity index (χ1n) is 7.36. The third-order valence-corrected chi connectivity index (χ3v) is 3.74. The molecule has 2 aromatic carbocycles. The lowest BCUT2D eigenvalue weighted by molar-refractivity contribution is -0.147. The first-order valence-corrected chi connectivity index (χ1v) is 7.36. The molecule has 0 bridgehead atoms. The number of imide groups is 1. The van der Waals surface area contributed by atoms with E-state index in [1.54, 1.807) is 48.5 Å². The maximum atomic E-state index is 12.6. The third-order valence-electron chi connectivity index (χ3n) is 3.74. The van der Waals surface area contributed by atoms with Crippen LogP contribution < -0.4 is 9.64 Å². The van der Waals surface area contributed by atoms with Crippen molar-refractivity contribution in [2.45, 2.75) is 13.0 Å². The average Bonchev–Trinajstić information content (AvgIpc) is 2.86. The number of para-hydroxylation sites is 2. The summed E-state index contributed by atoms with van der Waals surface area (Å²) in [7, 11) is 1.26. The molecule has 0 aromatic heterocycles. The van der Waals surface area contributed by atoms with Gasteiger partial charge < -0.3 is 9.47 Å². The fraction of sp³-hybridized carbons (Fsp3) is 0.167. The van der Waals surface area contributed by atoms with Gasteiger partial charge in [0.05, 0.1) is 23.9 Å². The Morgan fingerprint density at radius 2 is 1.50 bits per heavy atom. The van der Waals surface area contributed by atoms with E-state index in [2.05, 4.69) is 4.74 Å². The molecule has 1 unspecified atom stereocenters. The van der Waals surface area contributed by atoms with E-state index in [9.17, 15) is 14.4 Å². The topological polar surface area (TPSA) is 72.9 Å². The van der Waals surface area contributed by atoms with E-state index in [4.69, 9.17) is 4.74 Å². The Kier molecular flexibility index (Phi) is 4.04. The highest BCUT2D eigenvalue weighted by molar-refractivity contribution is 6.34. The molecular formula is C18H15NO5. The van der Waals surface area contributed by atoms with Crippen LogP contribution in [-0.2, 0) is 9.53 Å². The standard InChI is InChI=1S/C18H15NO5/c1-11(18(22)23-2)24-15-10-6-5-9-14(15)19-16(20)12-7-3-4-8-13(12)17(19)21/h3-11H,1-2H3. The zero-order valence-corrected chi connectivity index (χ0v) is 13.2. The minimum absolute atomic E-state index is 0.255. The van der Waals surface area contributed by atoms with Crippen LogP contribution in [-0.4, -0.2) is 31.0 Å². The molecule has 0 aliphatic carbocycles. The molecule has 1 aliphatic rings. The summed E-state index contributed by atoms with van der Waals surface area (Å²) in [6, 6.07) is 13.2. The number of esters is 1. The highest BCUT2D eigenvalue weighted by Crippen LogP contribution is 2.35. The zero-order valence-electron chi connectivity index (χ0n) is 13.2. The normalized spacial score (nSPS) is 14.3. The van der Waals surface area contributed by atoms with Crippen LogP contribution in [0.25, 0.3) is 0 Å². The number of anilines is 1. The van der Waals surface area contributed by atoms with Gasteiger partial charge in [0.15, 0.2) is 6.10 Å². The average molecular weight is 325 g/mol. The maximum absolute atomic E-state index is 12.6. The molecule has 0 saturated carbocycles. The quantitative estimate of drug-likeness (QED) is 0.637. The van der Waals surface area contributed by atoms with Crippen molar-refractivity contribution in [3.05, 3.63) is 59.7 Å². The largest absolute Gasteiger partial charge is 0.477 e. The summed E-state index contributed by atoms with van der Waals surface area (Å²) in [6.45, 7) is 1.53. The Hall–Kier alpha value is -3.15. The van der Waals surface area contributed by atoms with Gasteiger partial charge in [-0.05, 0) is 31.2 Å². The summed E-state index contributed by atoms with van der Waals surface area (Å²) in [4.78, 5) is 37.8. The Balaban J connectivity index is 1.98. The van der Waals surface area contributed by atoms with E-state index in [0.29, 0.717) is 16.8 Å². The van der Waals surface area contributed by atoms with Gasteiger partial charge in [0.2, 0.25) is 0 Å². The second-order valence-corrected chi connectivity index (χ2v) is 5.24. The van der Waals surface area contributed by atoms with Gasteiger partial charge in [0, 0.05) is 0 Å². The van der Waals surface area contributed by atoms with Gasteiger partial charge in [-0.3, -0.25) is 9.59 Å². The van der Waals surface area contributed by atoms with E-state index in [1.807, 2.05) is 0 Å². The van der Waals surface area contributed by atoms with Crippen LogP contribution in [0.4, 0.5) is 5.69 Å². The monoisotopic (exact) mass is 325 g/mol. The third kappa shape index (κ3) is 2.52. The van der Waals surface area contributed by atoms with Crippen molar-refractivity contribution in [3.63, 3.8) is 0 Å². The van der Waals surface area contributed by atoms with Crippen LogP contribution in [0.5, 0.6) is 5.75 Å². The highest BCUT2D eigenvalue weighted by atomic mass is 16.6. The molecule has 122 valence electrons. The highest BCUT2D eigenvalue weighted by Gasteiger charge is 2.37. The number of rotatable bonds is 4. The molecular weight excluding hydrogens is 310 g/mol. The van der Waals surface area contributed by atoms with Gasteiger partial charge in [-0.25, -0.2) is 9.69 Å². The number of amides is 2. The van der Waals surface area contributed by atoms with E-state index >= 15 is 0 Å². The van der Waals surface area contributed by atoms with E-state index in [-0.39, 0.29) is 5.75 Å². The molecule has 0 spiro atoms. The van der Waals surface area contributed by atoms with Crippen molar-refractivity contribution in [3.8, 4) is 5.75 Å². The minimum atomic E-state index is -0.869. The second-order valence-electron chi connectivity index (χ2n) is 5.24. The molecule has 0 radical (unpaired) electrons. The van der Waals surface area contributed by atoms with Gasteiger partial charge in [-0.15, -0.1) is 0 Å². The molecule has 6 nitrogen and oxygen atoms in total. The first kappa shape index (κ1) is 15.7. The Labute approximate surface area is 138 Å². The molecule has 0 saturated heterocycles. The lowest BCUT2D eigenvalue weighted by Gasteiger charge is -2.20. The smallest absolute Gasteiger partial charge is 0.346 e. The van der Waals surface area contributed by atoms with Crippen LogP contribution in [0.15, 0.2) is 48.5 Å². The summed E-state index contributed by atoms with van der Waals surface area (Å²) in [5.41, 5.74) is 0.982. The number of fused-ring (bicyclic) bond motifs is 1. The molecule has 3 rings (SSSR count). The fourth-order valence-electron chi connectivity index (χ4n) is 2.55. The number of benzene rings is 2. The number of ether oxygens (including phenoxy) is 2. The molecule has 0 N–H and O–H groups in total.